The fraction of sp³-hybridized carbons (Fsp3) is 0.143. The molecule has 0 aromatic heterocycles. The molecule has 19 heavy (non-hydrogen) atoms. The normalized spacial score (nSPS) is 11.3. The second-order valence-electron chi connectivity index (χ2n) is 4.50. The average Bonchev–Trinajstić information content (AvgIpc) is 2.31. The van der Waals surface area contributed by atoms with Gasteiger partial charge < -0.3 is 5.73 Å². The lowest BCUT2D eigenvalue weighted by Crippen LogP contribution is -2.14. The molecule has 2 aromatic rings. The van der Waals surface area contributed by atoms with E-state index >= 15 is 0 Å². The first-order valence-electron chi connectivity index (χ1n) is 5.84. The predicted molar refractivity (Wildman–Crippen MR) is 77.6 cm³/mol. The van der Waals surface area contributed by atoms with Gasteiger partial charge in [0.1, 0.15) is 0 Å². The van der Waals surface area contributed by atoms with Gasteiger partial charge in [0.2, 0.25) is 0 Å². The van der Waals surface area contributed by atoms with Crippen molar-refractivity contribution in [3.63, 3.8) is 0 Å². The molecule has 2 rings (SSSR count). The third-order valence-electron chi connectivity index (χ3n) is 2.77. The summed E-state index contributed by atoms with van der Waals surface area (Å²) in [6, 6.07) is 12.0. The first-order chi connectivity index (χ1) is 8.88. The second kappa shape index (κ2) is 4.93. The zero-order valence-electron chi connectivity index (χ0n) is 10.8. The van der Waals surface area contributed by atoms with Crippen LogP contribution in [0.5, 0.6) is 0 Å². The number of anilines is 2. The van der Waals surface area contributed by atoms with Gasteiger partial charge in [0.05, 0.1) is 10.6 Å². The number of rotatable bonds is 3. The summed E-state index contributed by atoms with van der Waals surface area (Å²) >= 11 is 0. The smallest absolute Gasteiger partial charge is 0.262 e. The van der Waals surface area contributed by atoms with Crippen LogP contribution < -0.4 is 10.5 Å². The molecule has 0 bridgehead atoms. The van der Waals surface area contributed by atoms with Gasteiger partial charge in [-0.1, -0.05) is 18.2 Å². The highest BCUT2D eigenvalue weighted by Gasteiger charge is 2.17. The van der Waals surface area contributed by atoms with Crippen molar-refractivity contribution in [2.75, 3.05) is 10.5 Å². The van der Waals surface area contributed by atoms with Crippen molar-refractivity contribution in [3.05, 3.63) is 53.6 Å². The topological polar surface area (TPSA) is 72.2 Å². The molecule has 0 unspecified atom stereocenters. The predicted octanol–water partition coefficient (Wildman–Crippen LogP) is 2.69. The molecule has 0 saturated carbocycles. The van der Waals surface area contributed by atoms with E-state index in [-0.39, 0.29) is 4.90 Å². The lowest BCUT2D eigenvalue weighted by molar-refractivity contribution is 0.600. The number of hydrogen-bond donors (Lipinski definition) is 2. The molecule has 5 heteroatoms. The molecule has 0 atom stereocenters. The number of benzene rings is 2. The Balaban J connectivity index is 2.40. The summed E-state index contributed by atoms with van der Waals surface area (Å²) in [6.45, 7) is 3.63. The van der Waals surface area contributed by atoms with E-state index in [1.807, 2.05) is 13.0 Å². The van der Waals surface area contributed by atoms with Crippen molar-refractivity contribution in [2.45, 2.75) is 18.7 Å². The lowest BCUT2D eigenvalue weighted by Gasteiger charge is -2.11. The summed E-state index contributed by atoms with van der Waals surface area (Å²) < 4.78 is 27.2. The van der Waals surface area contributed by atoms with Crippen LogP contribution in [-0.2, 0) is 10.0 Å². The largest absolute Gasteiger partial charge is 0.399 e. The van der Waals surface area contributed by atoms with Gasteiger partial charge in [-0.15, -0.1) is 0 Å². The molecular formula is C14H16N2O2S. The molecule has 100 valence electrons. The Bertz CT molecular complexity index is 709. The Morgan fingerprint density at radius 1 is 1.05 bits per heavy atom. The van der Waals surface area contributed by atoms with Crippen LogP contribution in [0.4, 0.5) is 11.4 Å². The van der Waals surface area contributed by atoms with Crippen molar-refractivity contribution in [1.29, 1.82) is 0 Å². The molecule has 0 radical (unpaired) electrons. The van der Waals surface area contributed by atoms with Gasteiger partial charge in [0.15, 0.2) is 0 Å². The number of nitrogens with two attached hydrogens (primary N) is 1. The molecule has 0 aliphatic heterocycles. The summed E-state index contributed by atoms with van der Waals surface area (Å²) in [5, 5.41) is 0. The first kappa shape index (κ1) is 13.4. The van der Waals surface area contributed by atoms with Gasteiger partial charge >= 0.3 is 0 Å². The standard InChI is InChI=1S/C14H16N2O2S/c1-10-6-7-11(2)14(8-10)19(17,18)16-13-5-3-4-12(15)9-13/h3-9,16H,15H2,1-2H3. The van der Waals surface area contributed by atoms with Crippen molar-refractivity contribution < 1.29 is 8.42 Å². The van der Waals surface area contributed by atoms with Crippen molar-refractivity contribution in [3.8, 4) is 0 Å². The van der Waals surface area contributed by atoms with Crippen LogP contribution in [0, 0.1) is 13.8 Å². The number of nitrogen functional groups attached to an aromatic ring is 1. The summed E-state index contributed by atoms with van der Waals surface area (Å²) in [7, 11) is -3.59. The van der Waals surface area contributed by atoms with Crippen LogP contribution in [0.3, 0.4) is 0 Å². The van der Waals surface area contributed by atoms with Crippen molar-refractivity contribution in [1.82, 2.24) is 0 Å². The van der Waals surface area contributed by atoms with E-state index in [1.54, 1.807) is 43.3 Å². The molecule has 3 N–H and O–H groups in total. The van der Waals surface area contributed by atoms with E-state index in [4.69, 9.17) is 5.73 Å². The number of aryl methyl sites for hydroxylation is 2. The highest BCUT2D eigenvalue weighted by Crippen LogP contribution is 2.21. The minimum Gasteiger partial charge on any atom is -0.399 e. The Morgan fingerprint density at radius 3 is 2.47 bits per heavy atom. The third kappa shape index (κ3) is 3.06. The maximum Gasteiger partial charge on any atom is 0.262 e. The van der Waals surface area contributed by atoms with Crippen LogP contribution >= 0.6 is 0 Å². The first-order valence-corrected chi connectivity index (χ1v) is 7.32. The Kier molecular flexibility index (Phi) is 3.48. The van der Waals surface area contributed by atoms with Gasteiger partial charge in [0, 0.05) is 5.69 Å². The fourth-order valence-corrected chi connectivity index (χ4v) is 3.19. The molecule has 0 saturated heterocycles. The molecule has 0 aliphatic rings. The minimum absolute atomic E-state index is 0.287. The van der Waals surface area contributed by atoms with Gasteiger partial charge in [0.25, 0.3) is 10.0 Å². The summed E-state index contributed by atoms with van der Waals surface area (Å²) in [6.07, 6.45) is 0. The SMILES string of the molecule is Cc1ccc(C)c(S(=O)(=O)Nc2cccc(N)c2)c1. The van der Waals surface area contributed by atoms with Crippen LogP contribution in [0.15, 0.2) is 47.4 Å². The number of hydrogen-bond acceptors (Lipinski definition) is 3. The zero-order valence-corrected chi connectivity index (χ0v) is 11.7. The van der Waals surface area contributed by atoms with Crippen LogP contribution in [0.25, 0.3) is 0 Å². The molecule has 0 spiro atoms. The number of nitrogens with one attached hydrogen (secondary N) is 1. The Labute approximate surface area is 113 Å². The van der Waals surface area contributed by atoms with Crippen LogP contribution in [0.1, 0.15) is 11.1 Å². The molecule has 0 heterocycles. The average molecular weight is 276 g/mol. The monoisotopic (exact) mass is 276 g/mol. The lowest BCUT2D eigenvalue weighted by atomic mass is 10.2. The van der Waals surface area contributed by atoms with Gasteiger partial charge in [-0.05, 0) is 49.2 Å². The van der Waals surface area contributed by atoms with E-state index in [0.29, 0.717) is 16.9 Å². The minimum atomic E-state index is -3.59. The zero-order chi connectivity index (χ0) is 14.0. The van der Waals surface area contributed by atoms with Crippen molar-refractivity contribution in [2.24, 2.45) is 0 Å². The van der Waals surface area contributed by atoms with Crippen molar-refractivity contribution >= 4 is 21.4 Å². The molecule has 0 aliphatic carbocycles. The van der Waals surface area contributed by atoms with E-state index < -0.39 is 10.0 Å². The maximum absolute atomic E-state index is 12.3. The van der Waals surface area contributed by atoms with Gasteiger partial charge in [-0.2, -0.15) is 0 Å². The Hall–Kier alpha value is -2.01. The third-order valence-corrected chi connectivity index (χ3v) is 4.30. The summed E-state index contributed by atoms with van der Waals surface area (Å²) in [5.74, 6) is 0. The summed E-state index contributed by atoms with van der Waals surface area (Å²) in [5.41, 5.74) is 8.22. The molecule has 0 fully saturated rings. The van der Waals surface area contributed by atoms with Gasteiger partial charge in [-0.25, -0.2) is 8.42 Å². The highest BCUT2D eigenvalue weighted by atomic mass is 32.2. The molecular weight excluding hydrogens is 260 g/mol. The van der Waals surface area contributed by atoms with E-state index in [0.717, 1.165) is 5.56 Å². The summed E-state index contributed by atoms with van der Waals surface area (Å²) in [4.78, 5) is 0.287. The van der Waals surface area contributed by atoms with Crippen LogP contribution in [-0.4, -0.2) is 8.42 Å². The molecule has 0 amide bonds. The molecule has 2 aromatic carbocycles. The fourth-order valence-electron chi connectivity index (χ4n) is 1.81. The van der Waals surface area contributed by atoms with E-state index in [9.17, 15) is 8.42 Å². The van der Waals surface area contributed by atoms with Crippen LogP contribution in [0.2, 0.25) is 0 Å². The maximum atomic E-state index is 12.3. The quantitative estimate of drug-likeness (QED) is 0.847. The van der Waals surface area contributed by atoms with Gasteiger partial charge in [-0.3, -0.25) is 4.72 Å². The van der Waals surface area contributed by atoms with E-state index in [2.05, 4.69) is 4.72 Å². The Morgan fingerprint density at radius 2 is 1.79 bits per heavy atom. The molecule has 4 nitrogen and oxygen atoms in total. The highest BCUT2D eigenvalue weighted by molar-refractivity contribution is 7.92. The number of sulfonamides is 1. The van der Waals surface area contributed by atoms with E-state index in [1.165, 1.54) is 0 Å². The second-order valence-corrected chi connectivity index (χ2v) is 6.15.